The van der Waals surface area contributed by atoms with E-state index in [1.54, 1.807) is 19.1 Å². The Morgan fingerprint density at radius 1 is 1.22 bits per heavy atom. The van der Waals surface area contributed by atoms with Crippen LogP contribution >= 0.6 is 0 Å². The maximum atomic E-state index is 12.9. The summed E-state index contributed by atoms with van der Waals surface area (Å²) in [7, 11) is -3.52. The van der Waals surface area contributed by atoms with E-state index in [0.717, 1.165) is 18.5 Å². The third-order valence-corrected chi connectivity index (χ3v) is 6.44. The van der Waals surface area contributed by atoms with E-state index >= 15 is 0 Å². The number of benzene rings is 1. The largest absolute Gasteiger partial charge is 0.300 e. The lowest BCUT2D eigenvalue weighted by atomic mass is 10.1. The Bertz CT molecular complexity index is 647. The molecule has 23 heavy (non-hydrogen) atoms. The van der Waals surface area contributed by atoms with E-state index in [4.69, 9.17) is 5.26 Å². The van der Waals surface area contributed by atoms with Crippen LogP contribution in [0.2, 0.25) is 0 Å². The summed E-state index contributed by atoms with van der Waals surface area (Å²) in [5.74, 6) is -0.240. The Morgan fingerprint density at radius 3 is 2.35 bits per heavy atom. The Labute approximate surface area is 137 Å². The number of piperazine rings is 1. The number of halogens is 1. The molecule has 1 heterocycles. The molecule has 1 aliphatic heterocycles. The molecule has 1 atom stereocenters. The highest BCUT2D eigenvalue weighted by Gasteiger charge is 2.33. The number of hydrogen-bond donors (Lipinski definition) is 0. The van der Waals surface area contributed by atoms with Gasteiger partial charge in [-0.1, -0.05) is 19.1 Å². The second-order valence-corrected chi connectivity index (χ2v) is 7.80. The molecule has 1 saturated heterocycles. The molecule has 0 spiro atoms. The molecule has 0 saturated carbocycles. The highest BCUT2D eigenvalue weighted by Crippen LogP contribution is 2.15. The zero-order chi connectivity index (χ0) is 16.9. The summed E-state index contributed by atoms with van der Waals surface area (Å²) in [5.41, 5.74) is 1.07. The fraction of sp³-hybridized carbons (Fsp3) is 0.562. The molecular formula is C16H22FN3O2S. The van der Waals surface area contributed by atoms with E-state index in [0.29, 0.717) is 32.6 Å². The predicted molar refractivity (Wildman–Crippen MR) is 86.7 cm³/mol. The minimum Gasteiger partial charge on any atom is -0.300 e. The molecule has 1 aliphatic rings. The van der Waals surface area contributed by atoms with Gasteiger partial charge in [0.05, 0.1) is 6.07 Å². The van der Waals surface area contributed by atoms with Crippen molar-refractivity contribution in [2.75, 3.05) is 32.7 Å². The predicted octanol–water partition coefficient (Wildman–Crippen LogP) is 1.62. The second-order valence-electron chi connectivity index (χ2n) is 5.69. The van der Waals surface area contributed by atoms with Gasteiger partial charge < -0.3 is 4.90 Å². The van der Waals surface area contributed by atoms with Crippen LogP contribution in [-0.2, 0) is 16.4 Å². The van der Waals surface area contributed by atoms with Crippen LogP contribution in [0.1, 0.15) is 18.9 Å². The Morgan fingerprint density at radius 2 is 1.83 bits per heavy atom. The third kappa shape index (κ3) is 4.50. The number of sulfonamides is 1. The first-order valence-electron chi connectivity index (χ1n) is 7.82. The van der Waals surface area contributed by atoms with Crippen LogP contribution in [0.4, 0.5) is 4.39 Å². The van der Waals surface area contributed by atoms with Crippen LogP contribution in [0.25, 0.3) is 0 Å². The summed E-state index contributed by atoms with van der Waals surface area (Å²) in [5, 5.41) is 8.03. The van der Waals surface area contributed by atoms with Crippen molar-refractivity contribution in [2.24, 2.45) is 0 Å². The van der Waals surface area contributed by atoms with Crippen molar-refractivity contribution in [2.45, 2.75) is 25.0 Å². The number of rotatable bonds is 6. The van der Waals surface area contributed by atoms with Crippen LogP contribution in [0.3, 0.4) is 0 Å². The van der Waals surface area contributed by atoms with E-state index in [1.807, 2.05) is 6.07 Å². The van der Waals surface area contributed by atoms with Crippen molar-refractivity contribution in [1.82, 2.24) is 9.21 Å². The van der Waals surface area contributed by atoms with Crippen molar-refractivity contribution in [3.8, 4) is 6.07 Å². The zero-order valence-corrected chi connectivity index (χ0v) is 14.1. The highest BCUT2D eigenvalue weighted by molar-refractivity contribution is 7.90. The molecule has 0 radical (unpaired) electrons. The molecule has 0 amide bonds. The maximum Gasteiger partial charge on any atom is 0.230 e. The van der Waals surface area contributed by atoms with Gasteiger partial charge in [0.1, 0.15) is 5.82 Å². The molecule has 126 valence electrons. The van der Waals surface area contributed by atoms with Gasteiger partial charge in [0, 0.05) is 32.7 Å². The molecule has 1 aromatic rings. The molecule has 1 fully saturated rings. The first-order chi connectivity index (χ1) is 11.0. The Hall–Kier alpha value is -1.49. The molecule has 2 rings (SSSR count). The first-order valence-corrected chi connectivity index (χ1v) is 9.33. The summed E-state index contributed by atoms with van der Waals surface area (Å²) in [6.45, 7) is 4.68. The van der Waals surface area contributed by atoms with Gasteiger partial charge in [-0.2, -0.15) is 9.57 Å². The summed E-state index contributed by atoms with van der Waals surface area (Å²) in [6, 6.07) is 8.33. The summed E-state index contributed by atoms with van der Waals surface area (Å²) < 4.78 is 38.9. The summed E-state index contributed by atoms with van der Waals surface area (Å²) in [4.78, 5) is 2.20. The Balaban J connectivity index is 1.84. The van der Waals surface area contributed by atoms with Gasteiger partial charge in [-0.05, 0) is 30.5 Å². The van der Waals surface area contributed by atoms with Crippen LogP contribution in [-0.4, -0.2) is 55.6 Å². The van der Waals surface area contributed by atoms with E-state index in [9.17, 15) is 12.8 Å². The third-order valence-electron chi connectivity index (χ3n) is 4.20. The normalized spacial score (nSPS) is 18.5. The van der Waals surface area contributed by atoms with Crippen LogP contribution < -0.4 is 0 Å². The minimum absolute atomic E-state index is 0.240. The molecule has 7 heteroatoms. The van der Waals surface area contributed by atoms with E-state index in [-0.39, 0.29) is 5.82 Å². The lowest BCUT2D eigenvalue weighted by Crippen LogP contribution is -2.51. The molecule has 0 unspecified atom stereocenters. The molecule has 0 N–H and O–H groups in total. The molecule has 0 aromatic heterocycles. The molecule has 0 bridgehead atoms. The van der Waals surface area contributed by atoms with Gasteiger partial charge in [0.25, 0.3) is 0 Å². The molecular weight excluding hydrogens is 317 g/mol. The van der Waals surface area contributed by atoms with Gasteiger partial charge in [-0.3, -0.25) is 0 Å². The van der Waals surface area contributed by atoms with E-state index in [2.05, 4.69) is 4.90 Å². The van der Waals surface area contributed by atoms with Crippen molar-refractivity contribution < 1.29 is 12.8 Å². The van der Waals surface area contributed by atoms with Crippen molar-refractivity contribution in [1.29, 1.82) is 5.26 Å². The smallest absolute Gasteiger partial charge is 0.230 e. The standard InChI is InChI=1S/C16H22FN3O2S/c1-2-16(13-18)23(21,22)20-11-9-19(10-12-20)8-7-14-3-5-15(17)6-4-14/h3-6,16H,2,7-12H2,1H3/t16-/m0/s1. The van der Waals surface area contributed by atoms with Crippen LogP contribution in [0.15, 0.2) is 24.3 Å². The van der Waals surface area contributed by atoms with Crippen molar-refractivity contribution >= 4 is 10.0 Å². The quantitative estimate of drug-likeness (QED) is 0.790. The number of nitriles is 1. The molecule has 0 aliphatic carbocycles. The highest BCUT2D eigenvalue weighted by atomic mass is 32.2. The lowest BCUT2D eigenvalue weighted by Gasteiger charge is -2.34. The fourth-order valence-electron chi connectivity index (χ4n) is 2.69. The van der Waals surface area contributed by atoms with Gasteiger partial charge in [0.2, 0.25) is 10.0 Å². The van der Waals surface area contributed by atoms with Crippen molar-refractivity contribution in [3.05, 3.63) is 35.6 Å². The topological polar surface area (TPSA) is 64.4 Å². The number of nitrogens with zero attached hydrogens (tertiary/aromatic N) is 3. The summed E-state index contributed by atoms with van der Waals surface area (Å²) in [6.07, 6.45) is 1.12. The Kier molecular flexibility index (Phi) is 6.10. The minimum atomic E-state index is -3.52. The second kappa shape index (κ2) is 7.86. The monoisotopic (exact) mass is 339 g/mol. The first kappa shape index (κ1) is 17.9. The van der Waals surface area contributed by atoms with Gasteiger partial charge >= 0.3 is 0 Å². The average molecular weight is 339 g/mol. The van der Waals surface area contributed by atoms with Crippen LogP contribution in [0.5, 0.6) is 0 Å². The van der Waals surface area contributed by atoms with E-state index < -0.39 is 15.3 Å². The lowest BCUT2D eigenvalue weighted by molar-refractivity contribution is 0.189. The number of hydrogen-bond acceptors (Lipinski definition) is 4. The summed E-state index contributed by atoms with van der Waals surface area (Å²) >= 11 is 0. The van der Waals surface area contributed by atoms with Crippen LogP contribution in [0, 0.1) is 17.1 Å². The van der Waals surface area contributed by atoms with Gasteiger partial charge in [-0.15, -0.1) is 0 Å². The average Bonchev–Trinajstić information content (AvgIpc) is 2.55. The van der Waals surface area contributed by atoms with E-state index in [1.165, 1.54) is 16.4 Å². The fourth-order valence-corrected chi connectivity index (χ4v) is 4.28. The van der Waals surface area contributed by atoms with Gasteiger partial charge in [0.15, 0.2) is 5.25 Å². The van der Waals surface area contributed by atoms with Gasteiger partial charge in [-0.25, -0.2) is 12.8 Å². The zero-order valence-electron chi connectivity index (χ0n) is 13.3. The maximum absolute atomic E-state index is 12.9. The SMILES string of the molecule is CC[C@@H](C#N)S(=O)(=O)N1CCN(CCc2ccc(F)cc2)CC1. The molecule has 1 aromatic carbocycles. The molecule has 5 nitrogen and oxygen atoms in total. The van der Waals surface area contributed by atoms with Crippen molar-refractivity contribution in [3.63, 3.8) is 0 Å².